The third kappa shape index (κ3) is 3.81. The van der Waals surface area contributed by atoms with Crippen molar-refractivity contribution in [3.8, 4) is 6.07 Å². The average molecular weight is 373 g/mol. The Morgan fingerprint density at radius 2 is 1.81 bits per heavy atom. The first-order valence-corrected chi connectivity index (χ1v) is 10.0. The van der Waals surface area contributed by atoms with E-state index in [0.29, 0.717) is 12.1 Å². The lowest BCUT2D eigenvalue weighted by molar-refractivity contribution is 0.631. The Morgan fingerprint density at radius 1 is 1.04 bits per heavy atom. The molecule has 4 nitrogen and oxygen atoms in total. The van der Waals surface area contributed by atoms with Crippen molar-refractivity contribution in [1.82, 2.24) is 9.55 Å². The minimum atomic E-state index is 0.0809. The summed E-state index contributed by atoms with van der Waals surface area (Å²) >= 11 is 1.61. The van der Waals surface area contributed by atoms with Crippen LogP contribution in [0.1, 0.15) is 34.4 Å². The van der Waals surface area contributed by atoms with Crippen molar-refractivity contribution >= 4 is 11.8 Å². The third-order valence-corrected chi connectivity index (χ3v) is 5.84. The van der Waals surface area contributed by atoms with Gasteiger partial charge in [0, 0.05) is 11.3 Å². The Morgan fingerprint density at radius 3 is 2.56 bits per heavy atom. The molecule has 0 amide bonds. The fourth-order valence-corrected chi connectivity index (χ4v) is 4.31. The summed E-state index contributed by atoms with van der Waals surface area (Å²) in [5, 5.41) is 9.74. The van der Waals surface area contributed by atoms with Crippen molar-refractivity contribution in [1.29, 1.82) is 5.26 Å². The van der Waals surface area contributed by atoms with E-state index in [4.69, 9.17) is 10.2 Å². The standard InChI is InChI=1S/C22H19N3OS/c23-13-16-9-11-17(12-10-16)14-25-21(26)19-7-4-8-20(19)24-22(25)27-15-18-5-2-1-3-6-18/h1-3,5-6,9-12H,4,7-8,14-15H2. The van der Waals surface area contributed by atoms with Crippen LogP contribution in [0.25, 0.3) is 0 Å². The molecule has 0 bridgehead atoms. The van der Waals surface area contributed by atoms with Gasteiger partial charge in [-0.3, -0.25) is 9.36 Å². The highest BCUT2D eigenvalue weighted by Crippen LogP contribution is 2.25. The number of aromatic nitrogens is 2. The van der Waals surface area contributed by atoms with E-state index in [1.54, 1.807) is 28.5 Å². The monoisotopic (exact) mass is 373 g/mol. The molecule has 0 fully saturated rings. The van der Waals surface area contributed by atoms with Gasteiger partial charge in [0.15, 0.2) is 5.16 Å². The van der Waals surface area contributed by atoms with E-state index in [1.807, 2.05) is 30.3 Å². The van der Waals surface area contributed by atoms with Crippen molar-refractivity contribution < 1.29 is 0 Å². The topological polar surface area (TPSA) is 58.7 Å². The molecule has 0 atom stereocenters. The molecule has 2 aromatic carbocycles. The van der Waals surface area contributed by atoms with Crippen LogP contribution in [0, 0.1) is 11.3 Å². The lowest BCUT2D eigenvalue weighted by Crippen LogP contribution is -2.27. The van der Waals surface area contributed by atoms with Crippen LogP contribution in [0.5, 0.6) is 0 Å². The fourth-order valence-electron chi connectivity index (χ4n) is 3.35. The molecular weight excluding hydrogens is 354 g/mol. The SMILES string of the molecule is N#Cc1ccc(Cn2c(SCc3ccccc3)nc3c(c2=O)CCC3)cc1. The number of thioether (sulfide) groups is 1. The van der Waals surface area contributed by atoms with Crippen LogP contribution in [0.3, 0.4) is 0 Å². The normalized spacial score (nSPS) is 12.6. The summed E-state index contributed by atoms with van der Waals surface area (Å²) in [6.07, 6.45) is 2.71. The van der Waals surface area contributed by atoms with Gasteiger partial charge < -0.3 is 0 Å². The Hall–Kier alpha value is -2.84. The highest BCUT2D eigenvalue weighted by molar-refractivity contribution is 7.98. The maximum atomic E-state index is 13.1. The summed E-state index contributed by atoms with van der Waals surface area (Å²) in [6, 6.07) is 19.7. The van der Waals surface area contributed by atoms with E-state index in [2.05, 4.69) is 18.2 Å². The van der Waals surface area contributed by atoms with Gasteiger partial charge >= 0.3 is 0 Å². The maximum absolute atomic E-state index is 13.1. The highest BCUT2D eigenvalue weighted by atomic mass is 32.2. The molecule has 5 heteroatoms. The van der Waals surface area contributed by atoms with Gasteiger partial charge in [-0.05, 0) is 42.5 Å². The molecule has 1 aromatic heterocycles. The number of nitriles is 1. The average Bonchev–Trinajstić information content (AvgIpc) is 3.19. The number of hydrogen-bond donors (Lipinski definition) is 0. The van der Waals surface area contributed by atoms with Gasteiger partial charge in [0.1, 0.15) is 0 Å². The van der Waals surface area contributed by atoms with E-state index in [1.165, 1.54) is 5.56 Å². The summed E-state index contributed by atoms with van der Waals surface area (Å²) in [6.45, 7) is 0.474. The number of benzene rings is 2. The number of nitrogens with zero attached hydrogens (tertiary/aromatic N) is 3. The number of rotatable bonds is 5. The molecule has 4 rings (SSSR count). The predicted molar refractivity (Wildman–Crippen MR) is 107 cm³/mol. The second-order valence-electron chi connectivity index (χ2n) is 6.65. The summed E-state index contributed by atoms with van der Waals surface area (Å²) in [7, 11) is 0. The summed E-state index contributed by atoms with van der Waals surface area (Å²) < 4.78 is 1.79. The second-order valence-corrected chi connectivity index (χ2v) is 7.59. The molecular formula is C22H19N3OS. The van der Waals surface area contributed by atoms with E-state index < -0.39 is 0 Å². The number of aryl methyl sites for hydroxylation is 1. The molecule has 0 saturated carbocycles. The van der Waals surface area contributed by atoms with Crippen LogP contribution in [0.15, 0.2) is 64.5 Å². The van der Waals surface area contributed by atoms with E-state index in [0.717, 1.165) is 47.0 Å². The van der Waals surface area contributed by atoms with Crippen molar-refractivity contribution in [2.45, 2.75) is 36.7 Å². The van der Waals surface area contributed by atoms with Crippen molar-refractivity contribution in [2.24, 2.45) is 0 Å². The molecule has 0 radical (unpaired) electrons. The molecule has 1 aliphatic carbocycles. The number of hydrogen-bond acceptors (Lipinski definition) is 4. The van der Waals surface area contributed by atoms with Crippen molar-refractivity contribution in [3.63, 3.8) is 0 Å². The largest absolute Gasteiger partial charge is 0.283 e. The molecule has 0 unspecified atom stereocenters. The molecule has 0 aliphatic heterocycles. The third-order valence-electron chi connectivity index (χ3n) is 4.79. The first-order chi connectivity index (χ1) is 13.2. The van der Waals surface area contributed by atoms with Crippen LogP contribution < -0.4 is 5.56 Å². The first-order valence-electron chi connectivity index (χ1n) is 9.03. The lowest BCUT2D eigenvalue weighted by Gasteiger charge is -2.14. The summed E-state index contributed by atoms with van der Waals surface area (Å²) in [4.78, 5) is 17.9. The zero-order valence-corrected chi connectivity index (χ0v) is 15.7. The molecule has 0 N–H and O–H groups in total. The van der Waals surface area contributed by atoms with Crippen LogP contribution in [-0.2, 0) is 25.1 Å². The Balaban J connectivity index is 1.67. The minimum absolute atomic E-state index is 0.0809. The Bertz CT molecular complexity index is 1050. The molecule has 27 heavy (non-hydrogen) atoms. The first kappa shape index (κ1) is 17.6. The quantitative estimate of drug-likeness (QED) is 0.502. The molecule has 3 aromatic rings. The fraction of sp³-hybridized carbons (Fsp3) is 0.227. The number of fused-ring (bicyclic) bond motifs is 1. The van der Waals surface area contributed by atoms with Crippen molar-refractivity contribution in [2.75, 3.05) is 0 Å². The van der Waals surface area contributed by atoms with Gasteiger partial charge in [0.05, 0.1) is 23.9 Å². The summed E-state index contributed by atoms with van der Waals surface area (Å²) in [5.41, 5.74) is 4.74. The van der Waals surface area contributed by atoms with E-state index >= 15 is 0 Å². The Labute approximate surface area is 162 Å². The molecule has 134 valence electrons. The van der Waals surface area contributed by atoms with Crippen LogP contribution in [0.2, 0.25) is 0 Å². The Kier molecular flexibility index (Phi) is 5.08. The highest BCUT2D eigenvalue weighted by Gasteiger charge is 2.21. The molecule has 1 aliphatic rings. The van der Waals surface area contributed by atoms with Gasteiger partial charge in [-0.1, -0.05) is 54.2 Å². The van der Waals surface area contributed by atoms with E-state index in [9.17, 15) is 4.79 Å². The van der Waals surface area contributed by atoms with Gasteiger partial charge in [-0.2, -0.15) is 5.26 Å². The second kappa shape index (κ2) is 7.81. The van der Waals surface area contributed by atoms with E-state index in [-0.39, 0.29) is 5.56 Å². The van der Waals surface area contributed by atoms with Gasteiger partial charge in [0.25, 0.3) is 5.56 Å². The molecule has 0 spiro atoms. The zero-order valence-electron chi connectivity index (χ0n) is 14.9. The zero-order chi connectivity index (χ0) is 18.6. The van der Waals surface area contributed by atoms with Crippen LogP contribution in [-0.4, -0.2) is 9.55 Å². The summed E-state index contributed by atoms with van der Waals surface area (Å²) in [5.74, 6) is 0.777. The van der Waals surface area contributed by atoms with Crippen LogP contribution in [0.4, 0.5) is 0 Å². The lowest BCUT2D eigenvalue weighted by atomic mass is 10.1. The van der Waals surface area contributed by atoms with Gasteiger partial charge in [0.2, 0.25) is 0 Å². The van der Waals surface area contributed by atoms with Gasteiger partial charge in [-0.25, -0.2) is 4.98 Å². The van der Waals surface area contributed by atoms with Crippen molar-refractivity contribution in [3.05, 3.63) is 92.9 Å². The van der Waals surface area contributed by atoms with Gasteiger partial charge in [-0.15, -0.1) is 0 Å². The van der Waals surface area contributed by atoms with Crippen LogP contribution >= 0.6 is 11.8 Å². The molecule has 1 heterocycles. The smallest absolute Gasteiger partial charge is 0.257 e. The minimum Gasteiger partial charge on any atom is -0.283 e. The predicted octanol–water partition coefficient (Wildman–Crippen LogP) is 3.94. The maximum Gasteiger partial charge on any atom is 0.257 e. The molecule has 0 saturated heterocycles.